The SMILES string of the molecule is CCCCC(C=O)SCC. The van der Waals surface area contributed by atoms with E-state index >= 15 is 0 Å². The standard InChI is InChI=1S/C8H16OS/c1-3-5-6-8(7-9)10-4-2/h7-8H,3-6H2,1-2H3. The summed E-state index contributed by atoms with van der Waals surface area (Å²) in [6, 6.07) is 0. The zero-order valence-electron chi connectivity index (χ0n) is 6.80. The molecule has 0 aromatic rings. The van der Waals surface area contributed by atoms with Gasteiger partial charge < -0.3 is 4.79 Å². The van der Waals surface area contributed by atoms with Crippen LogP contribution in [0.4, 0.5) is 0 Å². The first-order valence-corrected chi connectivity index (χ1v) is 4.96. The van der Waals surface area contributed by atoms with Crippen molar-refractivity contribution in [3.63, 3.8) is 0 Å². The quantitative estimate of drug-likeness (QED) is 0.555. The first-order chi connectivity index (χ1) is 4.85. The Hall–Kier alpha value is 0.0200. The predicted molar refractivity (Wildman–Crippen MR) is 47.5 cm³/mol. The Morgan fingerprint density at radius 1 is 1.50 bits per heavy atom. The van der Waals surface area contributed by atoms with Crippen molar-refractivity contribution in [3.05, 3.63) is 0 Å². The van der Waals surface area contributed by atoms with Gasteiger partial charge in [-0.2, -0.15) is 11.8 Å². The Morgan fingerprint density at radius 3 is 2.60 bits per heavy atom. The lowest BCUT2D eigenvalue weighted by atomic mass is 10.2. The summed E-state index contributed by atoms with van der Waals surface area (Å²) in [6.45, 7) is 4.24. The third kappa shape index (κ3) is 4.86. The normalized spacial score (nSPS) is 13.0. The van der Waals surface area contributed by atoms with E-state index in [2.05, 4.69) is 13.8 Å². The van der Waals surface area contributed by atoms with Gasteiger partial charge in [0.1, 0.15) is 6.29 Å². The van der Waals surface area contributed by atoms with E-state index in [-0.39, 0.29) is 5.25 Å². The third-order valence-corrected chi connectivity index (χ3v) is 2.48. The number of hydrogen-bond acceptors (Lipinski definition) is 2. The Morgan fingerprint density at radius 2 is 2.20 bits per heavy atom. The molecule has 0 fully saturated rings. The van der Waals surface area contributed by atoms with Crippen LogP contribution < -0.4 is 0 Å². The molecule has 1 atom stereocenters. The smallest absolute Gasteiger partial charge is 0.132 e. The van der Waals surface area contributed by atoms with Gasteiger partial charge in [-0.1, -0.05) is 26.7 Å². The summed E-state index contributed by atoms with van der Waals surface area (Å²) in [6.07, 6.45) is 4.49. The molecule has 0 rings (SSSR count). The third-order valence-electron chi connectivity index (χ3n) is 1.37. The van der Waals surface area contributed by atoms with E-state index in [1.54, 1.807) is 11.8 Å². The van der Waals surface area contributed by atoms with Gasteiger partial charge in [-0.15, -0.1) is 0 Å². The second kappa shape index (κ2) is 7.13. The van der Waals surface area contributed by atoms with Gasteiger partial charge >= 0.3 is 0 Å². The molecule has 0 amide bonds. The summed E-state index contributed by atoms with van der Waals surface area (Å²) in [7, 11) is 0. The fourth-order valence-corrected chi connectivity index (χ4v) is 1.65. The van der Waals surface area contributed by atoms with Gasteiger partial charge in [0.25, 0.3) is 0 Å². The molecule has 0 heterocycles. The second-order valence-electron chi connectivity index (χ2n) is 2.27. The summed E-state index contributed by atoms with van der Waals surface area (Å²) in [5, 5.41) is 0.255. The molecule has 0 aliphatic carbocycles. The number of thioether (sulfide) groups is 1. The minimum absolute atomic E-state index is 0.255. The van der Waals surface area contributed by atoms with Crippen molar-refractivity contribution in [1.82, 2.24) is 0 Å². The Kier molecular flexibility index (Phi) is 7.15. The van der Waals surface area contributed by atoms with Crippen molar-refractivity contribution in [2.24, 2.45) is 0 Å². The van der Waals surface area contributed by atoms with Gasteiger partial charge in [0.2, 0.25) is 0 Å². The molecule has 10 heavy (non-hydrogen) atoms. The number of carbonyl (C=O) groups is 1. The van der Waals surface area contributed by atoms with Crippen molar-refractivity contribution in [2.45, 2.75) is 38.4 Å². The highest BCUT2D eigenvalue weighted by atomic mass is 32.2. The molecule has 0 saturated carbocycles. The molecule has 0 N–H and O–H groups in total. The van der Waals surface area contributed by atoms with Gasteiger partial charge in [0, 0.05) is 0 Å². The minimum atomic E-state index is 0.255. The van der Waals surface area contributed by atoms with E-state index in [1.807, 2.05) is 0 Å². The number of rotatable bonds is 6. The Bertz CT molecular complexity index is 83.3. The van der Waals surface area contributed by atoms with E-state index in [9.17, 15) is 4.79 Å². The largest absolute Gasteiger partial charge is 0.302 e. The average Bonchev–Trinajstić information content (AvgIpc) is 1.98. The molecule has 0 spiro atoms. The number of carbonyl (C=O) groups excluding carboxylic acids is 1. The maximum atomic E-state index is 10.4. The van der Waals surface area contributed by atoms with Crippen LogP contribution in [0.25, 0.3) is 0 Å². The Balaban J connectivity index is 3.29. The molecule has 0 aromatic carbocycles. The molecule has 60 valence electrons. The average molecular weight is 160 g/mol. The second-order valence-corrected chi connectivity index (χ2v) is 3.79. The maximum absolute atomic E-state index is 10.4. The number of hydrogen-bond donors (Lipinski definition) is 0. The highest BCUT2D eigenvalue weighted by molar-refractivity contribution is 8.00. The fraction of sp³-hybridized carbons (Fsp3) is 0.875. The van der Waals surface area contributed by atoms with Crippen molar-refractivity contribution < 1.29 is 4.79 Å². The molecule has 0 bridgehead atoms. The first kappa shape index (κ1) is 10.0. The van der Waals surface area contributed by atoms with Gasteiger partial charge in [-0.3, -0.25) is 0 Å². The lowest BCUT2D eigenvalue weighted by Crippen LogP contribution is -2.03. The van der Waals surface area contributed by atoms with Crippen LogP contribution >= 0.6 is 11.8 Å². The van der Waals surface area contributed by atoms with Crippen molar-refractivity contribution in [2.75, 3.05) is 5.75 Å². The summed E-state index contributed by atoms with van der Waals surface area (Å²) in [5.41, 5.74) is 0. The van der Waals surface area contributed by atoms with E-state index in [4.69, 9.17) is 0 Å². The molecular weight excluding hydrogens is 144 g/mol. The van der Waals surface area contributed by atoms with Crippen molar-refractivity contribution in [3.8, 4) is 0 Å². The molecule has 0 radical (unpaired) electrons. The van der Waals surface area contributed by atoms with Crippen LogP contribution in [0.3, 0.4) is 0 Å². The fourth-order valence-electron chi connectivity index (χ4n) is 0.810. The van der Waals surface area contributed by atoms with Crippen LogP contribution in [0.2, 0.25) is 0 Å². The summed E-state index contributed by atoms with van der Waals surface area (Å²) in [5.74, 6) is 1.05. The van der Waals surface area contributed by atoms with Gasteiger partial charge in [-0.05, 0) is 12.2 Å². The highest BCUT2D eigenvalue weighted by Crippen LogP contribution is 2.14. The number of unbranched alkanes of at least 4 members (excludes halogenated alkanes) is 1. The zero-order valence-corrected chi connectivity index (χ0v) is 7.62. The van der Waals surface area contributed by atoms with E-state index in [0.717, 1.165) is 18.5 Å². The molecule has 1 unspecified atom stereocenters. The minimum Gasteiger partial charge on any atom is -0.302 e. The highest BCUT2D eigenvalue weighted by Gasteiger charge is 2.03. The molecule has 0 aliphatic heterocycles. The van der Waals surface area contributed by atoms with E-state index in [0.29, 0.717) is 0 Å². The Labute approximate surface area is 67.6 Å². The number of aldehydes is 1. The van der Waals surface area contributed by atoms with E-state index < -0.39 is 0 Å². The van der Waals surface area contributed by atoms with Gasteiger partial charge in [0.05, 0.1) is 5.25 Å². The van der Waals surface area contributed by atoms with Crippen molar-refractivity contribution >= 4 is 18.0 Å². The molecule has 0 aliphatic rings. The monoisotopic (exact) mass is 160 g/mol. The van der Waals surface area contributed by atoms with Crippen LogP contribution in [0.15, 0.2) is 0 Å². The van der Waals surface area contributed by atoms with Crippen LogP contribution in [0.5, 0.6) is 0 Å². The van der Waals surface area contributed by atoms with Crippen LogP contribution in [0, 0.1) is 0 Å². The lowest BCUT2D eigenvalue weighted by molar-refractivity contribution is -0.107. The van der Waals surface area contributed by atoms with Crippen molar-refractivity contribution in [1.29, 1.82) is 0 Å². The molecule has 2 heteroatoms. The summed E-state index contributed by atoms with van der Waals surface area (Å²) < 4.78 is 0. The molecular formula is C8H16OS. The van der Waals surface area contributed by atoms with E-state index in [1.165, 1.54) is 12.8 Å². The molecule has 0 aromatic heterocycles. The van der Waals surface area contributed by atoms with Gasteiger partial charge in [-0.25, -0.2) is 0 Å². The van der Waals surface area contributed by atoms with Crippen LogP contribution in [-0.2, 0) is 4.79 Å². The predicted octanol–water partition coefficient (Wildman–Crippen LogP) is 2.50. The summed E-state index contributed by atoms with van der Waals surface area (Å²) >= 11 is 1.75. The summed E-state index contributed by atoms with van der Waals surface area (Å²) in [4.78, 5) is 10.4. The zero-order chi connectivity index (χ0) is 7.82. The van der Waals surface area contributed by atoms with Crippen LogP contribution in [0.1, 0.15) is 33.1 Å². The first-order valence-electron chi connectivity index (χ1n) is 3.92. The maximum Gasteiger partial charge on any atom is 0.132 e. The lowest BCUT2D eigenvalue weighted by Gasteiger charge is -2.05. The molecule has 1 nitrogen and oxygen atoms in total. The molecule has 0 saturated heterocycles. The van der Waals surface area contributed by atoms with Crippen LogP contribution in [-0.4, -0.2) is 17.3 Å². The van der Waals surface area contributed by atoms with Gasteiger partial charge in [0.15, 0.2) is 0 Å². The topological polar surface area (TPSA) is 17.1 Å².